The first-order chi connectivity index (χ1) is 29.3. The molecule has 2 nitrogen and oxygen atoms in total. The Hall–Kier alpha value is -7.16. The Labute approximate surface area is 351 Å². The molecule has 12 rings (SSSR count). The van der Waals surface area contributed by atoms with Gasteiger partial charge in [-0.15, -0.1) is 0 Å². The van der Waals surface area contributed by atoms with Gasteiger partial charge in [0.1, 0.15) is 0 Å². The largest absolute Gasteiger partial charge is 0.309 e. The van der Waals surface area contributed by atoms with E-state index in [1.807, 2.05) is 0 Å². The average molecular weight is 769 g/mol. The maximum Gasteiger partial charge on any atom is 0.0543 e. The molecular formula is C58H44N2. The molecule has 0 N–H and O–H groups in total. The Morgan fingerprint density at radius 1 is 0.367 bits per heavy atom. The number of aromatic nitrogens is 1. The average Bonchev–Trinajstić information content (AvgIpc) is 3.84. The van der Waals surface area contributed by atoms with Gasteiger partial charge in [-0.1, -0.05) is 173 Å². The summed E-state index contributed by atoms with van der Waals surface area (Å²) in [6, 6.07) is 72.3. The number of benzene rings is 9. The summed E-state index contributed by atoms with van der Waals surface area (Å²) in [7, 11) is 0. The van der Waals surface area contributed by atoms with Crippen molar-refractivity contribution >= 4 is 49.6 Å². The maximum absolute atomic E-state index is 2.55. The quantitative estimate of drug-likeness (QED) is 0.169. The van der Waals surface area contributed by atoms with Crippen LogP contribution < -0.4 is 4.90 Å². The Balaban J connectivity index is 1.09. The number of hydrogen-bond acceptors (Lipinski definition) is 1. The van der Waals surface area contributed by atoms with E-state index in [0.29, 0.717) is 0 Å². The van der Waals surface area contributed by atoms with Gasteiger partial charge in [0.2, 0.25) is 0 Å². The molecule has 0 radical (unpaired) electrons. The number of anilines is 3. The Kier molecular flexibility index (Phi) is 7.36. The number of para-hydroxylation sites is 2. The van der Waals surface area contributed by atoms with E-state index in [1.165, 1.54) is 93.9 Å². The molecule has 286 valence electrons. The van der Waals surface area contributed by atoms with Crippen LogP contribution in [-0.4, -0.2) is 4.57 Å². The van der Waals surface area contributed by atoms with E-state index in [9.17, 15) is 0 Å². The summed E-state index contributed by atoms with van der Waals surface area (Å²) in [6.07, 6.45) is 0. The first-order valence-corrected chi connectivity index (χ1v) is 21.2. The molecule has 1 heterocycles. The summed E-state index contributed by atoms with van der Waals surface area (Å²) < 4.78 is 2.41. The lowest BCUT2D eigenvalue weighted by Crippen LogP contribution is -2.17. The van der Waals surface area contributed by atoms with Gasteiger partial charge in [0.15, 0.2) is 0 Å². The SMILES string of the molecule is CC1(C)c2ccccc2-c2ccc(N(c3cccc4c3-c3ccccc3C4(C)C)c3cccc4c(-c5cccc(-n6c7ccccc7c7ccccc76)c5)cccc34)cc21. The third-order valence-corrected chi connectivity index (χ3v) is 13.8. The minimum Gasteiger partial charge on any atom is -0.309 e. The molecule has 10 aromatic rings. The molecule has 0 spiro atoms. The monoisotopic (exact) mass is 768 g/mol. The van der Waals surface area contributed by atoms with Gasteiger partial charge in [-0.2, -0.15) is 0 Å². The van der Waals surface area contributed by atoms with Crippen molar-refractivity contribution in [3.63, 3.8) is 0 Å². The van der Waals surface area contributed by atoms with Crippen molar-refractivity contribution in [2.45, 2.75) is 38.5 Å². The molecule has 0 atom stereocenters. The topological polar surface area (TPSA) is 8.17 Å². The van der Waals surface area contributed by atoms with E-state index >= 15 is 0 Å². The van der Waals surface area contributed by atoms with E-state index in [0.717, 1.165) is 17.1 Å². The van der Waals surface area contributed by atoms with Crippen molar-refractivity contribution in [1.82, 2.24) is 4.57 Å². The van der Waals surface area contributed by atoms with Gasteiger partial charge in [0.05, 0.1) is 22.4 Å². The predicted octanol–water partition coefficient (Wildman–Crippen LogP) is 15.7. The number of rotatable bonds is 5. The van der Waals surface area contributed by atoms with Crippen LogP contribution in [0.5, 0.6) is 0 Å². The zero-order chi connectivity index (χ0) is 40.3. The minimum atomic E-state index is -0.131. The van der Waals surface area contributed by atoms with Crippen LogP contribution in [0.25, 0.3) is 71.6 Å². The van der Waals surface area contributed by atoms with Crippen LogP contribution in [0.3, 0.4) is 0 Å². The van der Waals surface area contributed by atoms with Gasteiger partial charge in [0.25, 0.3) is 0 Å². The molecule has 0 bridgehead atoms. The highest BCUT2D eigenvalue weighted by molar-refractivity contribution is 6.10. The fourth-order valence-corrected chi connectivity index (χ4v) is 10.9. The van der Waals surface area contributed by atoms with Crippen molar-refractivity contribution in [3.05, 3.63) is 216 Å². The normalized spacial score (nSPS) is 14.3. The highest BCUT2D eigenvalue weighted by Crippen LogP contribution is 2.56. The molecular weight excluding hydrogens is 725 g/mol. The molecule has 1 aromatic heterocycles. The highest BCUT2D eigenvalue weighted by atomic mass is 15.1. The molecule has 9 aromatic carbocycles. The predicted molar refractivity (Wildman–Crippen MR) is 254 cm³/mol. The standard InChI is InChI=1S/C58H44N2/c1-57(2)49-27-10-6-22-47(49)56-50(57)28-16-32-55(56)60(39-33-34-43-42-19-5-9-26-48(42)58(3,4)51(43)36-39)54-31-15-24-41-40(23-14-25-44(41)54)37-17-13-18-38(35-37)59-52-29-11-7-20-45(52)46-21-8-12-30-53(46)59/h5-36H,1-4H3. The summed E-state index contributed by atoms with van der Waals surface area (Å²) in [4.78, 5) is 2.55. The van der Waals surface area contributed by atoms with E-state index in [-0.39, 0.29) is 10.8 Å². The van der Waals surface area contributed by atoms with Crippen LogP contribution in [0.15, 0.2) is 194 Å². The fraction of sp³-hybridized carbons (Fsp3) is 0.103. The molecule has 0 fully saturated rings. The van der Waals surface area contributed by atoms with E-state index in [4.69, 9.17) is 0 Å². The Bertz CT molecular complexity index is 3340. The van der Waals surface area contributed by atoms with Gasteiger partial charge >= 0.3 is 0 Å². The third-order valence-electron chi connectivity index (χ3n) is 13.8. The van der Waals surface area contributed by atoms with Gasteiger partial charge in [-0.25, -0.2) is 0 Å². The summed E-state index contributed by atoms with van der Waals surface area (Å²) >= 11 is 0. The van der Waals surface area contributed by atoms with Crippen LogP contribution in [0, 0.1) is 0 Å². The van der Waals surface area contributed by atoms with E-state index < -0.39 is 0 Å². The lowest BCUT2D eigenvalue weighted by atomic mass is 9.82. The second kappa shape index (κ2) is 12.7. The molecule has 0 aliphatic heterocycles. The van der Waals surface area contributed by atoms with Crippen molar-refractivity contribution in [2.24, 2.45) is 0 Å². The van der Waals surface area contributed by atoms with Gasteiger partial charge < -0.3 is 9.47 Å². The number of nitrogens with zero attached hydrogens (tertiary/aromatic N) is 2. The Morgan fingerprint density at radius 3 is 1.68 bits per heavy atom. The van der Waals surface area contributed by atoms with E-state index in [2.05, 4.69) is 231 Å². The molecule has 0 saturated carbocycles. The van der Waals surface area contributed by atoms with Crippen molar-refractivity contribution < 1.29 is 0 Å². The van der Waals surface area contributed by atoms with Crippen molar-refractivity contribution in [2.75, 3.05) is 4.90 Å². The third kappa shape index (κ3) is 4.82. The summed E-state index contributed by atoms with van der Waals surface area (Å²) in [5.41, 5.74) is 20.0. The summed E-state index contributed by atoms with van der Waals surface area (Å²) in [5, 5.41) is 4.97. The lowest BCUT2D eigenvalue weighted by Gasteiger charge is -2.31. The zero-order valence-electron chi connectivity index (χ0n) is 34.4. The van der Waals surface area contributed by atoms with Gasteiger partial charge in [-0.05, 0) is 104 Å². The second-order valence-corrected chi connectivity index (χ2v) is 17.7. The number of hydrogen-bond donors (Lipinski definition) is 0. The molecule has 0 amide bonds. The minimum absolute atomic E-state index is 0.123. The first-order valence-electron chi connectivity index (χ1n) is 21.2. The molecule has 2 aliphatic rings. The second-order valence-electron chi connectivity index (χ2n) is 17.7. The highest BCUT2D eigenvalue weighted by Gasteiger charge is 2.39. The zero-order valence-corrected chi connectivity index (χ0v) is 34.4. The van der Waals surface area contributed by atoms with Crippen LogP contribution in [0.1, 0.15) is 49.9 Å². The Morgan fingerprint density at radius 2 is 0.900 bits per heavy atom. The van der Waals surface area contributed by atoms with E-state index in [1.54, 1.807) is 0 Å². The molecule has 0 saturated heterocycles. The first kappa shape index (κ1) is 34.8. The summed E-state index contributed by atoms with van der Waals surface area (Å²) in [6.45, 7) is 9.50. The van der Waals surface area contributed by atoms with Crippen LogP contribution in [0.4, 0.5) is 17.1 Å². The smallest absolute Gasteiger partial charge is 0.0543 e. The van der Waals surface area contributed by atoms with Gasteiger partial charge in [-0.3, -0.25) is 0 Å². The van der Waals surface area contributed by atoms with Crippen LogP contribution in [0.2, 0.25) is 0 Å². The van der Waals surface area contributed by atoms with Crippen molar-refractivity contribution in [3.8, 4) is 39.1 Å². The maximum atomic E-state index is 2.55. The summed E-state index contributed by atoms with van der Waals surface area (Å²) in [5.74, 6) is 0. The molecule has 0 unspecified atom stereocenters. The lowest BCUT2D eigenvalue weighted by molar-refractivity contribution is 0.660. The van der Waals surface area contributed by atoms with Crippen molar-refractivity contribution in [1.29, 1.82) is 0 Å². The van der Waals surface area contributed by atoms with Gasteiger partial charge in [0, 0.05) is 43.9 Å². The van der Waals surface area contributed by atoms with Crippen LogP contribution >= 0.6 is 0 Å². The fourth-order valence-electron chi connectivity index (χ4n) is 10.9. The number of fused-ring (bicyclic) bond motifs is 10. The van der Waals surface area contributed by atoms with Crippen LogP contribution in [-0.2, 0) is 10.8 Å². The molecule has 60 heavy (non-hydrogen) atoms. The molecule has 2 aliphatic carbocycles. The molecule has 2 heteroatoms.